The summed E-state index contributed by atoms with van der Waals surface area (Å²) in [6.07, 6.45) is 16.1. The summed E-state index contributed by atoms with van der Waals surface area (Å²) in [6.45, 7) is 7.47. The summed E-state index contributed by atoms with van der Waals surface area (Å²) >= 11 is 0. The number of benzene rings is 1. The van der Waals surface area contributed by atoms with Crippen LogP contribution in [0.4, 0.5) is 0 Å². The molecule has 38 heavy (non-hydrogen) atoms. The number of Topliss-reactive ketones (excluding diaryl/α,β-unsaturated/α-hetero) is 1. The Morgan fingerprint density at radius 3 is 2.26 bits per heavy atom. The molecule has 0 aliphatic carbocycles. The van der Waals surface area contributed by atoms with Crippen LogP contribution in [-0.2, 0) is 23.9 Å². The van der Waals surface area contributed by atoms with Gasteiger partial charge in [-0.05, 0) is 37.5 Å². The second-order valence-corrected chi connectivity index (χ2v) is 9.10. The zero-order chi connectivity index (χ0) is 28.3. The minimum Gasteiger partial charge on any atom is -0.380 e. The van der Waals surface area contributed by atoms with Gasteiger partial charge in [-0.1, -0.05) is 80.6 Å². The summed E-state index contributed by atoms with van der Waals surface area (Å²) in [7, 11) is 3.41. The Morgan fingerprint density at radius 2 is 1.63 bits per heavy atom. The maximum absolute atomic E-state index is 12.2. The quantitative estimate of drug-likeness (QED) is 0.241. The number of amides is 2. The average Bonchev–Trinajstić information content (AvgIpc) is 2.89. The first-order chi connectivity index (χ1) is 18.2. The Labute approximate surface area is 227 Å². The summed E-state index contributed by atoms with van der Waals surface area (Å²) in [5.41, 5.74) is 1.92. The van der Waals surface area contributed by atoms with E-state index in [1.165, 1.54) is 25.3 Å². The molecule has 206 valence electrons. The number of rotatable bonds is 16. The van der Waals surface area contributed by atoms with Crippen molar-refractivity contribution in [3.8, 4) is 0 Å². The average molecular weight is 523 g/mol. The molecule has 2 amide bonds. The second kappa shape index (κ2) is 18.7. The molecule has 1 rings (SSSR count). The normalized spacial score (nSPS) is 15.7. The first-order valence-corrected chi connectivity index (χ1v) is 12.7. The fourth-order valence-electron chi connectivity index (χ4n) is 3.78. The van der Waals surface area contributed by atoms with E-state index in [0.29, 0.717) is 6.42 Å². The van der Waals surface area contributed by atoms with Crippen LogP contribution in [-0.4, -0.2) is 50.6 Å². The Bertz CT molecular complexity index is 1020. The molecule has 1 aromatic rings. The number of carbonyl (C=O) groups excluding carboxylic acids is 3. The van der Waals surface area contributed by atoms with Crippen molar-refractivity contribution in [2.75, 3.05) is 20.8 Å². The molecule has 4 atom stereocenters. The molecule has 0 aromatic heterocycles. The van der Waals surface area contributed by atoms with E-state index in [4.69, 9.17) is 9.47 Å². The van der Waals surface area contributed by atoms with Crippen molar-refractivity contribution in [1.82, 2.24) is 10.6 Å². The molecular weight excluding hydrogens is 480 g/mol. The molecule has 7 nitrogen and oxygen atoms in total. The van der Waals surface area contributed by atoms with E-state index in [-0.39, 0.29) is 48.2 Å². The molecule has 0 unspecified atom stereocenters. The molecule has 0 heterocycles. The van der Waals surface area contributed by atoms with Gasteiger partial charge in [0.25, 0.3) is 0 Å². The van der Waals surface area contributed by atoms with Crippen molar-refractivity contribution in [1.29, 1.82) is 0 Å². The molecule has 0 bridgehead atoms. The van der Waals surface area contributed by atoms with Gasteiger partial charge < -0.3 is 20.1 Å². The highest BCUT2D eigenvalue weighted by Crippen LogP contribution is 2.24. The molecule has 7 heteroatoms. The fourth-order valence-corrected chi connectivity index (χ4v) is 3.78. The van der Waals surface area contributed by atoms with E-state index in [0.717, 1.165) is 11.1 Å². The Kier molecular flexibility index (Phi) is 15.9. The number of ether oxygens (including phenoxy) is 2. The summed E-state index contributed by atoms with van der Waals surface area (Å²) < 4.78 is 11.6. The highest BCUT2D eigenvalue weighted by molar-refractivity contribution is 5.91. The third-order valence-electron chi connectivity index (χ3n) is 5.79. The predicted octanol–water partition coefficient (Wildman–Crippen LogP) is 4.79. The van der Waals surface area contributed by atoms with Gasteiger partial charge in [-0.15, -0.1) is 0 Å². The Morgan fingerprint density at radius 1 is 0.921 bits per heavy atom. The minimum absolute atomic E-state index is 0.0128. The molecule has 2 N–H and O–H groups in total. The zero-order valence-corrected chi connectivity index (χ0v) is 23.3. The lowest BCUT2D eigenvalue weighted by molar-refractivity contribution is -0.121. The van der Waals surface area contributed by atoms with Crippen LogP contribution in [0.2, 0.25) is 0 Å². The number of allylic oxidation sites excluding steroid dienone is 4. The molecule has 0 aliphatic rings. The number of ketones is 1. The number of hydrogen-bond donors (Lipinski definition) is 2. The number of carbonyl (C=O) groups is 3. The number of hydrogen-bond acceptors (Lipinski definition) is 5. The van der Waals surface area contributed by atoms with Crippen LogP contribution in [0.3, 0.4) is 0 Å². The molecule has 0 saturated carbocycles. The lowest BCUT2D eigenvalue weighted by atomic mass is 9.88. The van der Waals surface area contributed by atoms with Crippen LogP contribution in [0.25, 0.3) is 6.08 Å². The van der Waals surface area contributed by atoms with E-state index in [2.05, 4.69) is 36.6 Å². The molecular formula is C31H42N2O5. The van der Waals surface area contributed by atoms with Gasteiger partial charge in [0.05, 0.1) is 18.8 Å². The van der Waals surface area contributed by atoms with Gasteiger partial charge in [0.1, 0.15) is 5.78 Å². The lowest BCUT2D eigenvalue weighted by Crippen LogP contribution is -2.35. The van der Waals surface area contributed by atoms with E-state index < -0.39 is 0 Å². The van der Waals surface area contributed by atoms with Crippen LogP contribution in [0.5, 0.6) is 0 Å². The molecule has 0 spiro atoms. The zero-order valence-electron chi connectivity index (χ0n) is 23.3. The first kappa shape index (κ1) is 32.5. The van der Waals surface area contributed by atoms with Crippen molar-refractivity contribution >= 4 is 23.7 Å². The van der Waals surface area contributed by atoms with Gasteiger partial charge in [0.2, 0.25) is 11.8 Å². The largest absolute Gasteiger partial charge is 0.380 e. The van der Waals surface area contributed by atoms with Gasteiger partial charge in [0, 0.05) is 38.3 Å². The molecule has 0 radical (unpaired) electrons. The molecule has 0 aliphatic heterocycles. The van der Waals surface area contributed by atoms with Gasteiger partial charge in [0.15, 0.2) is 0 Å². The van der Waals surface area contributed by atoms with Gasteiger partial charge in [-0.25, -0.2) is 0 Å². The lowest BCUT2D eigenvalue weighted by Gasteiger charge is -2.30. The van der Waals surface area contributed by atoms with Crippen LogP contribution in [0, 0.1) is 11.8 Å². The van der Waals surface area contributed by atoms with Crippen molar-refractivity contribution in [3.05, 3.63) is 90.2 Å². The summed E-state index contributed by atoms with van der Waals surface area (Å²) in [4.78, 5) is 34.5. The van der Waals surface area contributed by atoms with Crippen molar-refractivity contribution < 1.29 is 23.9 Å². The highest BCUT2D eigenvalue weighted by Gasteiger charge is 2.27. The van der Waals surface area contributed by atoms with Crippen LogP contribution >= 0.6 is 0 Å². The number of nitrogens with one attached hydrogen (secondary N) is 2. The van der Waals surface area contributed by atoms with Gasteiger partial charge in [-0.3, -0.25) is 14.4 Å². The van der Waals surface area contributed by atoms with Crippen molar-refractivity contribution in [3.63, 3.8) is 0 Å². The van der Waals surface area contributed by atoms with Crippen molar-refractivity contribution in [2.45, 2.75) is 46.3 Å². The maximum atomic E-state index is 12.2. The van der Waals surface area contributed by atoms with Crippen LogP contribution in [0.15, 0.2) is 84.6 Å². The molecule has 0 saturated heterocycles. The monoisotopic (exact) mass is 522 g/mol. The number of methoxy groups -OCH3 is 2. The third-order valence-corrected chi connectivity index (χ3v) is 5.79. The van der Waals surface area contributed by atoms with Crippen molar-refractivity contribution in [2.24, 2.45) is 11.8 Å². The molecule has 1 aromatic carbocycles. The van der Waals surface area contributed by atoms with E-state index in [9.17, 15) is 14.4 Å². The smallest absolute Gasteiger partial charge is 0.248 e. The summed E-state index contributed by atoms with van der Waals surface area (Å²) in [5, 5.41) is 5.14. The van der Waals surface area contributed by atoms with E-state index in [1.807, 2.05) is 49.4 Å². The Hall–Kier alpha value is -3.55. The second-order valence-electron chi connectivity index (χ2n) is 9.10. The van der Waals surface area contributed by atoms with Gasteiger partial charge >= 0.3 is 0 Å². The summed E-state index contributed by atoms with van der Waals surface area (Å²) in [6, 6.07) is 10.1. The SMILES string of the molecule is CO[C@H]([C@H](C)[C@H](/C=C/c1ccccc1)OC)[C@@H](C)/C=C/C(C)=C/C(=O)N/C=C\C/C=C\C(=O)NCC(C)=O. The topological polar surface area (TPSA) is 93.7 Å². The van der Waals surface area contributed by atoms with Crippen LogP contribution in [0.1, 0.15) is 39.7 Å². The third kappa shape index (κ3) is 13.7. The van der Waals surface area contributed by atoms with Crippen LogP contribution < -0.4 is 10.6 Å². The predicted molar refractivity (Wildman–Crippen MR) is 153 cm³/mol. The first-order valence-electron chi connectivity index (χ1n) is 12.7. The summed E-state index contributed by atoms with van der Waals surface area (Å²) in [5.74, 6) is -0.507. The maximum Gasteiger partial charge on any atom is 0.248 e. The minimum atomic E-state index is -0.330. The standard InChI is InChI=1S/C31H42N2O5/c1-23(21-30(36)32-20-12-8-11-15-29(35)33-22-25(3)34)16-17-24(2)31(38-6)26(4)28(37-5)19-18-27-13-9-7-10-14-27/h7,9-21,24,26,28,31H,8,22H2,1-6H3,(H,32,36)(H,33,35)/b15-11-,17-16+,19-18+,20-12-,23-21+/t24-,26+,28-,31-/m0/s1. The van der Waals surface area contributed by atoms with Gasteiger partial charge in [-0.2, -0.15) is 0 Å². The fraction of sp³-hybridized carbons (Fsp3) is 0.387. The van der Waals surface area contributed by atoms with E-state index >= 15 is 0 Å². The molecule has 0 fully saturated rings. The van der Waals surface area contributed by atoms with E-state index in [1.54, 1.807) is 26.4 Å². The Balaban J connectivity index is 2.59. The highest BCUT2D eigenvalue weighted by atomic mass is 16.5.